The fourth-order valence-electron chi connectivity index (χ4n) is 1.49. The van der Waals surface area contributed by atoms with Gasteiger partial charge in [0.1, 0.15) is 5.60 Å². The Morgan fingerprint density at radius 3 is 2.43 bits per heavy atom. The van der Waals surface area contributed by atoms with Crippen molar-refractivity contribution < 1.29 is 22.1 Å². The minimum atomic E-state index is -3.47. The highest BCUT2D eigenvalue weighted by Gasteiger charge is 2.15. The molecule has 0 aliphatic carbocycles. The van der Waals surface area contributed by atoms with Crippen LogP contribution in [-0.2, 0) is 32.2 Å². The lowest BCUT2D eigenvalue weighted by Gasteiger charge is -2.19. The number of hydrogen-bond donors (Lipinski definition) is 1. The van der Waals surface area contributed by atoms with Crippen molar-refractivity contribution in [2.24, 2.45) is 0 Å². The smallest absolute Gasteiger partial charge is 0.407 e. The van der Waals surface area contributed by atoms with Crippen LogP contribution in [0.5, 0.6) is 0 Å². The van der Waals surface area contributed by atoms with Crippen molar-refractivity contribution in [1.82, 2.24) is 5.32 Å². The molecule has 0 saturated carbocycles. The molecule has 0 heterocycles. The van der Waals surface area contributed by atoms with Gasteiger partial charge < -0.3 is 10.1 Å². The minimum Gasteiger partial charge on any atom is -0.444 e. The third-order valence-electron chi connectivity index (χ3n) is 2.27. The largest absolute Gasteiger partial charge is 0.444 e. The summed E-state index contributed by atoms with van der Waals surface area (Å²) in [6.45, 7) is 5.63. The standard InChI is InChI=1S/C14H21NO5S/c1-14(2,3)20-13(16)15-9-11-6-5-7-12(8-11)10-19-21(4,17)18/h5-8H,9-10H2,1-4H3,(H,15,16). The van der Waals surface area contributed by atoms with E-state index in [1.54, 1.807) is 39.0 Å². The van der Waals surface area contributed by atoms with E-state index in [1.165, 1.54) is 0 Å². The molecular formula is C14H21NO5S. The molecule has 1 aromatic rings. The van der Waals surface area contributed by atoms with Crippen molar-refractivity contribution in [3.05, 3.63) is 35.4 Å². The topological polar surface area (TPSA) is 81.7 Å². The lowest BCUT2D eigenvalue weighted by molar-refractivity contribution is 0.0523. The average Bonchev–Trinajstić information content (AvgIpc) is 2.32. The molecule has 7 heteroatoms. The van der Waals surface area contributed by atoms with Gasteiger partial charge in [0.25, 0.3) is 10.1 Å². The fourth-order valence-corrected chi connectivity index (χ4v) is 1.84. The van der Waals surface area contributed by atoms with E-state index in [0.29, 0.717) is 12.1 Å². The molecule has 0 aliphatic heterocycles. The van der Waals surface area contributed by atoms with Gasteiger partial charge in [-0.05, 0) is 31.9 Å². The van der Waals surface area contributed by atoms with Crippen molar-refractivity contribution in [2.75, 3.05) is 6.26 Å². The molecule has 0 radical (unpaired) electrons. The van der Waals surface area contributed by atoms with Crippen LogP contribution in [0, 0.1) is 0 Å². The SMILES string of the molecule is CC(C)(C)OC(=O)NCc1cccc(COS(C)(=O)=O)c1. The summed E-state index contributed by atoms with van der Waals surface area (Å²) in [5.41, 5.74) is 0.995. The van der Waals surface area contributed by atoms with Gasteiger partial charge in [-0.25, -0.2) is 4.79 Å². The van der Waals surface area contributed by atoms with Gasteiger partial charge >= 0.3 is 6.09 Å². The minimum absolute atomic E-state index is 0.0287. The molecule has 118 valence electrons. The van der Waals surface area contributed by atoms with Crippen LogP contribution < -0.4 is 5.32 Å². The maximum atomic E-state index is 11.5. The Morgan fingerprint density at radius 2 is 1.86 bits per heavy atom. The van der Waals surface area contributed by atoms with Crippen LogP contribution in [0.3, 0.4) is 0 Å². The van der Waals surface area contributed by atoms with Gasteiger partial charge in [0.2, 0.25) is 0 Å². The molecule has 0 saturated heterocycles. The molecule has 1 N–H and O–H groups in total. The number of benzene rings is 1. The molecule has 0 spiro atoms. The van der Waals surface area contributed by atoms with E-state index in [2.05, 4.69) is 5.32 Å². The van der Waals surface area contributed by atoms with E-state index in [-0.39, 0.29) is 6.61 Å². The Labute approximate surface area is 125 Å². The Hall–Kier alpha value is -1.60. The van der Waals surface area contributed by atoms with Gasteiger partial charge in [-0.1, -0.05) is 24.3 Å². The van der Waals surface area contributed by atoms with Gasteiger partial charge in [0, 0.05) is 6.54 Å². The van der Waals surface area contributed by atoms with Crippen LogP contribution in [0.4, 0.5) is 4.79 Å². The van der Waals surface area contributed by atoms with Crippen LogP contribution in [0.1, 0.15) is 31.9 Å². The van der Waals surface area contributed by atoms with E-state index >= 15 is 0 Å². The molecule has 1 amide bonds. The third kappa shape index (κ3) is 8.31. The van der Waals surface area contributed by atoms with Crippen LogP contribution in [0.15, 0.2) is 24.3 Å². The van der Waals surface area contributed by atoms with E-state index in [1.807, 2.05) is 6.07 Å². The van der Waals surface area contributed by atoms with E-state index < -0.39 is 21.8 Å². The molecule has 0 aromatic heterocycles. The lowest BCUT2D eigenvalue weighted by Crippen LogP contribution is -2.32. The summed E-state index contributed by atoms with van der Waals surface area (Å²) in [6, 6.07) is 7.11. The maximum absolute atomic E-state index is 11.5. The third-order valence-corrected chi connectivity index (χ3v) is 2.81. The molecule has 21 heavy (non-hydrogen) atoms. The zero-order valence-electron chi connectivity index (χ0n) is 12.7. The van der Waals surface area contributed by atoms with Crippen molar-refractivity contribution in [3.63, 3.8) is 0 Å². The van der Waals surface area contributed by atoms with E-state index in [4.69, 9.17) is 8.92 Å². The Bertz CT molecular complexity index is 590. The number of amides is 1. The molecule has 0 atom stereocenters. The van der Waals surface area contributed by atoms with Crippen molar-refractivity contribution >= 4 is 16.2 Å². The average molecular weight is 315 g/mol. The molecule has 0 bridgehead atoms. The molecule has 0 aliphatic rings. The number of ether oxygens (including phenoxy) is 1. The number of carbonyl (C=O) groups excluding carboxylic acids is 1. The second kappa shape index (κ2) is 6.91. The van der Waals surface area contributed by atoms with Gasteiger partial charge in [-0.2, -0.15) is 8.42 Å². The Kier molecular flexibility index (Phi) is 5.74. The van der Waals surface area contributed by atoms with Crippen molar-refractivity contribution in [1.29, 1.82) is 0 Å². The second-order valence-electron chi connectivity index (χ2n) is 5.64. The first kappa shape index (κ1) is 17.5. The molecule has 6 nitrogen and oxygen atoms in total. The van der Waals surface area contributed by atoms with Crippen LogP contribution in [0.25, 0.3) is 0 Å². The van der Waals surface area contributed by atoms with E-state index in [9.17, 15) is 13.2 Å². The first-order valence-electron chi connectivity index (χ1n) is 6.44. The first-order chi connectivity index (χ1) is 9.55. The highest BCUT2D eigenvalue weighted by atomic mass is 32.2. The van der Waals surface area contributed by atoms with Crippen molar-refractivity contribution in [3.8, 4) is 0 Å². The number of rotatable bonds is 5. The number of alkyl carbamates (subject to hydrolysis) is 1. The van der Waals surface area contributed by atoms with Gasteiger partial charge in [0.15, 0.2) is 0 Å². The molecule has 1 aromatic carbocycles. The van der Waals surface area contributed by atoms with Gasteiger partial charge in [-0.3, -0.25) is 4.18 Å². The van der Waals surface area contributed by atoms with Crippen molar-refractivity contribution in [2.45, 2.75) is 39.5 Å². The molecule has 0 fully saturated rings. The zero-order chi connectivity index (χ0) is 16.1. The zero-order valence-corrected chi connectivity index (χ0v) is 13.5. The predicted molar refractivity (Wildman–Crippen MR) is 79.1 cm³/mol. The van der Waals surface area contributed by atoms with Crippen LogP contribution in [0.2, 0.25) is 0 Å². The molecular weight excluding hydrogens is 294 g/mol. The number of nitrogens with one attached hydrogen (secondary N) is 1. The Balaban J connectivity index is 2.55. The highest BCUT2D eigenvalue weighted by Crippen LogP contribution is 2.09. The maximum Gasteiger partial charge on any atom is 0.407 e. The summed E-state index contributed by atoms with van der Waals surface area (Å²) in [7, 11) is -3.47. The van der Waals surface area contributed by atoms with Gasteiger partial charge in [-0.15, -0.1) is 0 Å². The summed E-state index contributed by atoms with van der Waals surface area (Å²) >= 11 is 0. The highest BCUT2D eigenvalue weighted by molar-refractivity contribution is 7.85. The lowest BCUT2D eigenvalue weighted by atomic mass is 10.1. The van der Waals surface area contributed by atoms with Crippen LogP contribution in [-0.4, -0.2) is 26.4 Å². The summed E-state index contributed by atoms with van der Waals surface area (Å²) in [4.78, 5) is 11.5. The monoisotopic (exact) mass is 315 g/mol. The predicted octanol–water partition coefficient (Wildman–Crippen LogP) is 2.19. The first-order valence-corrected chi connectivity index (χ1v) is 8.26. The summed E-state index contributed by atoms with van der Waals surface area (Å²) < 4.78 is 31.7. The fraction of sp³-hybridized carbons (Fsp3) is 0.500. The van der Waals surface area contributed by atoms with Crippen LogP contribution >= 0.6 is 0 Å². The van der Waals surface area contributed by atoms with E-state index in [0.717, 1.165) is 11.8 Å². The quantitative estimate of drug-likeness (QED) is 0.842. The summed E-state index contributed by atoms with van der Waals surface area (Å²) in [6.07, 6.45) is 0.501. The molecule has 1 rings (SSSR count). The Morgan fingerprint density at radius 1 is 1.24 bits per heavy atom. The molecule has 0 unspecified atom stereocenters. The van der Waals surface area contributed by atoms with Gasteiger partial charge in [0.05, 0.1) is 12.9 Å². The number of hydrogen-bond acceptors (Lipinski definition) is 5. The second-order valence-corrected chi connectivity index (χ2v) is 7.29. The normalized spacial score (nSPS) is 12.0. The number of carbonyl (C=O) groups is 1. The summed E-state index contributed by atoms with van der Waals surface area (Å²) in [5.74, 6) is 0. The summed E-state index contributed by atoms with van der Waals surface area (Å²) in [5, 5.41) is 2.63.